The van der Waals surface area contributed by atoms with E-state index in [4.69, 9.17) is 14.5 Å². The van der Waals surface area contributed by atoms with Gasteiger partial charge in [-0.1, -0.05) is 32.0 Å². The molecular formula is C21H37IN4O2. The number of morpholine rings is 1. The minimum Gasteiger partial charge on any atom is -0.492 e. The molecular weight excluding hydrogens is 467 g/mol. The Balaban J connectivity index is 0.00000392. The van der Waals surface area contributed by atoms with Crippen LogP contribution in [0.4, 0.5) is 0 Å². The van der Waals surface area contributed by atoms with Crippen LogP contribution < -0.4 is 15.4 Å². The first kappa shape index (κ1) is 25.0. The van der Waals surface area contributed by atoms with Gasteiger partial charge in [0.25, 0.3) is 0 Å². The summed E-state index contributed by atoms with van der Waals surface area (Å²) in [7, 11) is 0. The van der Waals surface area contributed by atoms with Crippen molar-refractivity contribution in [3.8, 4) is 5.75 Å². The van der Waals surface area contributed by atoms with E-state index in [1.54, 1.807) is 0 Å². The molecule has 0 amide bonds. The smallest absolute Gasteiger partial charge is 0.191 e. The van der Waals surface area contributed by atoms with Gasteiger partial charge in [-0.05, 0) is 25.8 Å². The summed E-state index contributed by atoms with van der Waals surface area (Å²) in [5, 5.41) is 6.80. The number of rotatable bonds is 9. The first-order valence-electron chi connectivity index (χ1n) is 10.2. The van der Waals surface area contributed by atoms with Crippen LogP contribution in [0, 0.1) is 5.92 Å². The Morgan fingerprint density at radius 2 is 1.93 bits per heavy atom. The molecule has 1 aliphatic rings. The molecule has 1 unspecified atom stereocenters. The third-order valence-corrected chi connectivity index (χ3v) is 4.86. The van der Waals surface area contributed by atoms with Gasteiger partial charge in [-0.3, -0.25) is 4.90 Å². The molecule has 1 atom stereocenters. The molecule has 6 nitrogen and oxygen atoms in total. The zero-order chi connectivity index (χ0) is 19.5. The molecule has 2 N–H and O–H groups in total. The van der Waals surface area contributed by atoms with Crippen LogP contribution in [-0.2, 0) is 11.3 Å². The SMILES string of the molecule is CCNC(=NCc1ccccc1OCCN1CCOCC1)NC(C)C(C)C.I. The maximum absolute atomic E-state index is 6.06. The predicted molar refractivity (Wildman–Crippen MR) is 127 cm³/mol. The topological polar surface area (TPSA) is 58.1 Å². The highest BCUT2D eigenvalue weighted by Crippen LogP contribution is 2.19. The highest BCUT2D eigenvalue weighted by Gasteiger charge is 2.11. The van der Waals surface area contributed by atoms with Gasteiger partial charge in [-0.15, -0.1) is 24.0 Å². The van der Waals surface area contributed by atoms with E-state index in [-0.39, 0.29) is 24.0 Å². The van der Waals surface area contributed by atoms with E-state index in [0.29, 0.717) is 25.1 Å². The summed E-state index contributed by atoms with van der Waals surface area (Å²) < 4.78 is 11.4. The third kappa shape index (κ3) is 8.96. The Morgan fingerprint density at radius 3 is 2.61 bits per heavy atom. The van der Waals surface area contributed by atoms with Crippen molar-refractivity contribution in [2.45, 2.75) is 40.3 Å². The number of hydrogen-bond acceptors (Lipinski definition) is 4. The van der Waals surface area contributed by atoms with Gasteiger partial charge < -0.3 is 20.1 Å². The molecule has 1 aromatic rings. The zero-order valence-corrected chi connectivity index (χ0v) is 20.1. The van der Waals surface area contributed by atoms with Crippen LogP contribution in [-0.4, -0.2) is 62.9 Å². The summed E-state index contributed by atoms with van der Waals surface area (Å²) in [6, 6.07) is 8.53. The maximum Gasteiger partial charge on any atom is 0.191 e. The first-order valence-corrected chi connectivity index (χ1v) is 10.2. The molecule has 0 aliphatic carbocycles. The molecule has 1 aromatic carbocycles. The van der Waals surface area contributed by atoms with E-state index in [1.165, 1.54) is 0 Å². The van der Waals surface area contributed by atoms with E-state index in [1.807, 2.05) is 18.2 Å². The van der Waals surface area contributed by atoms with Crippen molar-refractivity contribution in [2.24, 2.45) is 10.9 Å². The van der Waals surface area contributed by atoms with Gasteiger partial charge in [-0.25, -0.2) is 4.99 Å². The molecule has 0 bridgehead atoms. The van der Waals surface area contributed by atoms with Crippen LogP contribution in [0.15, 0.2) is 29.3 Å². The van der Waals surface area contributed by atoms with Crippen molar-refractivity contribution in [1.82, 2.24) is 15.5 Å². The number of para-hydroxylation sites is 1. The van der Waals surface area contributed by atoms with Gasteiger partial charge >= 0.3 is 0 Å². The number of hydrogen-bond donors (Lipinski definition) is 2. The summed E-state index contributed by atoms with van der Waals surface area (Å²) >= 11 is 0. The normalized spacial score (nSPS) is 16.4. The molecule has 28 heavy (non-hydrogen) atoms. The molecule has 160 valence electrons. The van der Waals surface area contributed by atoms with Crippen LogP contribution in [0.5, 0.6) is 5.75 Å². The highest BCUT2D eigenvalue weighted by atomic mass is 127. The summed E-state index contributed by atoms with van der Waals surface area (Å²) in [5.41, 5.74) is 1.11. The number of aliphatic imine (C=N–C) groups is 1. The van der Waals surface area contributed by atoms with Crippen molar-refractivity contribution >= 4 is 29.9 Å². The number of nitrogens with zero attached hydrogens (tertiary/aromatic N) is 2. The average molecular weight is 504 g/mol. The Labute approximate surface area is 187 Å². The van der Waals surface area contributed by atoms with Crippen molar-refractivity contribution < 1.29 is 9.47 Å². The predicted octanol–water partition coefficient (Wildman–Crippen LogP) is 3.12. The van der Waals surface area contributed by atoms with Crippen LogP contribution in [0.25, 0.3) is 0 Å². The lowest BCUT2D eigenvalue weighted by molar-refractivity contribution is 0.0322. The van der Waals surface area contributed by atoms with Gasteiger partial charge in [0.05, 0.1) is 19.8 Å². The maximum atomic E-state index is 6.06. The number of nitrogens with one attached hydrogen (secondary N) is 2. The molecule has 7 heteroatoms. The Kier molecular flexibility index (Phi) is 12.5. The summed E-state index contributed by atoms with van der Waals surface area (Å²) in [5.74, 6) is 2.31. The number of halogens is 1. The lowest BCUT2D eigenvalue weighted by Crippen LogP contribution is -2.44. The fourth-order valence-corrected chi connectivity index (χ4v) is 2.75. The van der Waals surface area contributed by atoms with Gasteiger partial charge in [0.15, 0.2) is 5.96 Å². The second-order valence-electron chi connectivity index (χ2n) is 7.28. The van der Waals surface area contributed by atoms with Gasteiger partial charge in [0, 0.05) is 37.8 Å². The van der Waals surface area contributed by atoms with E-state index in [2.05, 4.69) is 49.3 Å². The minimum atomic E-state index is 0. The van der Waals surface area contributed by atoms with Crippen molar-refractivity contribution in [1.29, 1.82) is 0 Å². The van der Waals surface area contributed by atoms with E-state index in [9.17, 15) is 0 Å². The molecule has 0 spiro atoms. The molecule has 1 fully saturated rings. The summed E-state index contributed by atoms with van der Waals surface area (Å²) in [6.45, 7) is 15.3. The lowest BCUT2D eigenvalue weighted by Gasteiger charge is -2.26. The van der Waals surface area contributed by atoms with Gasteiger partial charge in [-0.2, -0.15) is 0 Å². The fraction of sp³-hybridized carbons (Fsp3) is 0.667. The summed E-state index contributed by atoms with van der Waals surface area (Å²) in [4.78, 5) is 7.13. The van der Waals surface area contributed by atoms with Gasteiger partial charge in [0.1, 0.15) is 12.4 Å². The number of ether oxygens (including phenoxy) is 2. The molecule has 1 heterocycles. The van der Waals surface area contributed by atoms with E-state index >= 15 is 0 Å². The highest BCUT2D eigenvalue weighted by molar-refractivity contribution is 14.0. The third-order valence-electron chi connectivity index (χ3n) is 4.86. The fourth-order valence-electron chi connectivity index (χ4n) is 2.75. The lowest BCUT2D eigenvalue weighted by atomic mass is 10.1. The van der Waals surface area contributed by atoms with Crippen molar-refractivity contribution in [3.05, 3.63) is 29.8 Å². The Morgan fingerprint density at radius 1 is 1.21 bits per heavy atom. The number of guanidine groups is 1. The molecule has 1 aliphatic heterocycles. The van der Waals surface area contributed by atoms with Gasteiger partial charge in [0.2, 0.25) is 0 Å². The van der Waals surface area contributed by atoms with E-state index < -0.39 is 0 Å². The van der Waals surface area contributed by atoms with Crippen LogP contribution in [0.1, 0.15) is 33.3 Å². The number of benzene rings is 1. The molecule has 1 saturated heterocycles. The minimum absolute atomic E-state index is 0. The Hall–Kier alpha value is -1.06. The average Bonchev–Trinajstić information content (AvgIpc) is 2.68. The van der Waals surface area contributed by atoms with Crippen LogP contribution in [0.2, 0.25) is 0 Å². The van der Waals surface area contributed by atoms with Crippen LogP contribution in [0.3, 0.4) is 0 Å². The first-order chi connectivity index (χ1) is 13.1. The monoisotopic (exact) mass is 504 g/mol. The quantitative estimate of drug-likeness (QED) is 0.308. The zero-order valence-electron chi connectivity index (χ0n) is 17.7. The molecule has 0 radical (unpaired) electrons. The molecule has 2 rings (SSSR count). The van der Waals surface area contributed by atoms with Crippen molar-refractivity contribution in [2.75, 3.05) is 46.0 Å². The second kappa shape index (κ2) is 14.0. The Bertz CT molecular complexity index is 577. The molecule has 0 aromatic heterocycles. The van der Waals surface area contributed by atoms with Crippen molar-refractivity contribution in [3.63, 3.8) is 0 Å². The van der Waals surface area contributed by atoms with E-state index in [0.717, 1.165) is 56.7 Å². The largest absolute Gasteiger partial charge is 0.492 e. The standard InChI is InChI=1S/C21H36N4O2.HI/c1-5-22-21(24-18(4)17(2)3)23-16-19-8-6-7-9-20(19)27-15-12-25-10-13-26-14-11-25;/h6-9,17-18H,5,10-16H2,1-4H3,(H2,22,23,24);1H. The molecule has 0 saturated carbocycles. The summed E-state index contributed by atoms with van der Waals surface area (Å²) in [6.07, 6.45) is 0. The van der Waals surface area contributed by atoms with Crippen LogP contribution >= 0.6 is 24.0 Å². The second-order valence-corrected chi connectivity index (χ2v) is 7.28.